The quantitative estimate of drug-likeness (QED) is 0.627. The summed E-state index contributed by atoms with van der Waals surface area (Å²) in [4.78, 5) is 38.1. The lowest BCUT2D eigenvalue weighted by Crippen LogP contribution is -2.47. The fraction of sp³-hybridized carbons (Fsp3) is 0.143. The summed E-state index contributed by atoms with van der Waals surface area (Å²) < 4.78 is 5.41. The van der Waals surface area contributed by atoms with Crippen molar-refractivity contribution in [2.45, 2.75) is 18.9 Å². The molecule has 3 aromatic rings. The molecule has 144 valence electrons. The van der Waals surface area contributed by atoms with Crippen LogP contribution in [0.3, 0.4) is 0 Å². The summed E-state index contributed by atoms with van der Waals surface area (Å²) in [5.74, 6) is -0.818. The molecule has 1 atom stereocenters. The number of amides is 2. The van der Waals surface area contributed by atoms with Crippen molar-refractivity contribution in [3.8, 4) is 0 Å². The number of carbonyl (C=O) groups is 2. The van der Waals surface area contributed by atoms with Crippen LogP contribution in [0.25, 0.3) is 11.0 Å². The molecule has 29 heavy (non-hydrogen) atoms. The van der Waals surface area contributed by atoms with E-state index in [2.05, 4.69) is 10.4 Å². The number of hydrogen-bond acceptors (Lipinski definition) is 5. The molecule has 0 bridgehead atoms. The Morgan fingerprint density at radius 2 is 2.00 bits per heavy atom. The molecule has 2 amide bonds. The zero-order valence-corrected chi connectivity index (χ0v) is 16.0. The van der Waals surface area contributed by atoms with E-state index in [-0.39, 0.29) is 12.0 Å². The molecule has 2 aliphatic rings. The number of hydrogen-bond donors (Lipinski definition) is 1. The second-order valence-electron chi connectivity index (χ2n) is 7.04. The molecular weight excluding hydrogens is 394 g/mol. The largest absolute Gasteiger partial charge is 0.422 e. The Morgan fingerprint density at radius 3 is 2.79 bits per heavy atom. The van der Waals surface area contributed by atoms with Gasteiger partial charge >= 0.3 is 5.63 Å². The number of hydrazone groups is 1. The van der Waals surface area contributed by atoms with E-state index in [9.17, 15) is 14.4 Å². The fourth-order valence-electron chi connectivity index (χ4n) is 4.01. The van der Waals surface area contributed by atoms with Crippen LogP contribution in [0.2, 0.25) is 5.02 Å². The topological polar surface area (TPSA) is 92.0 Å². The highest BCUT2D eigenvalue weighted by molar-refractivity contribution is 6.31. The second-order valence-corrected chi connectivity index (χ2v) is 7.48. The minimum Gasteiger partial charge on any atom is -0.422 e. The first kappa shape index (κ1) is 17.6. The summed E-state index contributed by atoms with van der Waals surface area (Å²) in [7, 11) is 0. The van der Waals surface area contributed by atoms with Gasteiger partial charge in [-0.05, 0) is 30.3 Å². The maximum atomic E-state index is 13.0. The molecule has 0 radical (unpaired) electrons. The molecule has 8 heteroatoms. The SMILES string of the molecule is CC(=O)N1N=C(c2cc3ccccc3oc2=O)CC12C(=O)Nc1ccc(Cl)cc12. The van der Waals surface area contributed by atoms with Gasteiger partial charge in [-0.15, -0.1) is 0 Å². The van der Waals surface area contributed by atoms with Crippen molar-refractivity contribution in [3.05, 3.63) is 75.1 Å². The summed E-state index contributed by atoms with van der Waals surface area (Å²) in [6.45, 7) is 1.33. The molecule has 5 rings (SSSR count). The van der Waals surface area contributed by atoms with E-state index in [1.165, 1.54) is 6.92 Å². The molecule has 3 heterocycles. The van der Waals surface area contributed by atoms with Gasteiger partial charge in [0.05, 0.1) is 11.3 Å². The third-order valence-corrected chi connectivity index (χ3v) is 5.54. The number of benzene rings is 2. The van der Waals surface area contributed by atoms with Gasteiger partial charge in [0.15, 0.2) is 5.54 Å². The number of nitrogens with one attached hydrogen (secondary N) is 1. The lowest BCUT2D eigenvalue weighted by molar-refractivity contribution is -0.142. The average molecular weight is 408 g/mol. The number of halogens is 1. The van der Waals surface area contributed by atoms with Gasteiger partial charge in [0.2, 0.25) is 5.91 Å². The van der Waals surface area contributed by atoms with Crippen LogP contribution in [0, 0.1) is 0 Å². The Morgan fingerprint density at radius 1 is 1.21 bits per heavy atom. The molecule has 0 saturated carbocycles. The minimum absolute atomic E-state index is 0.0366. The van der Waals surface area contributed by atoms with Crippen LogP contribution in [0.1, 0.15) is 24.5 Å². The summed E-state index contributed by atoms with van der Waals surface area (Å²) >= 11 is 6.16. The van der Waals surface area contributed by atoms with Crippen LogP contribution in [-0.4, -0.2) is 22.5 Å². The number of para-hydroxylation sites is 1. The third-order valence-electron chi connectivity index (χ3n) is 5.31. The smallest absolute Gasteiger partial charge is 0.345 e. The van der Waals surface area contributed by atoms with Crippen molar-refractivity contribution < 1.29 is 14.0 Å². The highest BCUT2D eigenvalue weighted by atomic mass is 35.5. The molecular formula is C21H14ClN3O4. The lowest BCUT2D eigenvalue weighted by atomic mass is 9.85. The average Bonchev–Trinajstić information content (AvgIpc) is 3.22. The Bertz CT molecular complexity index is 1310. The van der Waals surface area contributed by atoms with E-state index in [0.717, 1.165) is 10.4 Å². The number of fused-ring (bicyclic) bond motifs is 3. The predicted molar refractivity (Wildman–Crippen MR) is 108 cm³/mol. The van der Waals surface area contributed by atoms with E-state index in [1.54, 1.807) is 36.4 Å². The summed E-state index contributed by atoms with van der Waals surface area (Å²) in [5, 5.41) is 9.46. The Kier molecular flexibility index (Phi) is 3.66. The first-order valence-electron chi connectivity index (χ1n) is 8.93. The van der Waals surface area contributed by atoms with Gasteiger partial charge in [-0.1, -0.05) is 29.8 Å². The van der Waals surface area contributed by atoms with Gasteiger partial charge in [-0.25, -0.2) is 9.80 Å². The maximum absolute atomic E-state index is 13.0. The molecule has 0 saturated heterocycles. The van der Waals surface area contributed by atoms with Crippen molar-refractivity contribution in [2.24, 2.45) is 5.10 Å². The molecule has 2 aromatic carbocycles. The van der Waals surface area contributed by atoms with Crippen molar-refractivity contribution >= 4 is 45.8 Å². The summed E-state index contributed by atoms with van der Waals surface area (Å²) in [6.07, 6.45) is 0.0366. The first-order chi connectivity index (χ1) is 13.9. The zero-order chi connectivity index (χ0) is 20.3. The van der Waals surface area contributed by atoms with Gasteiger partial charge in [0.25, 0.3) is 5.91 Å². The molecule has 1 N–H and O–H groups in total. The highest BCUT2D eigenvalue weighted by Gasteiger charge is 2.57. The number of carbonyl (C=O) groups excluding carboxylic acids is 2. The molecule has 1 spiro atoms. The summed E-state index contributed by atoms with van der Waals surface area (Å²) in [6, 6.07) is 13.8. The van der Waals surface area contributed by atoms with E-state index >= 15 is 0 Å². The van der Waals surface area contributed by atoms with E-state index < -0.39 is 23.0 Å². The van der Waals surface area contributed by atoms with Crippen LogP contribution in [-0.2, 0) is 15.1 Å². The second kappa shape index (κ2) is 6.02. The maximum Gasteiger partial charge on any atom is 0.345 e. The highest BCUT2D eigenvalue weighted by Crippen LogP contribution is 2.47. The van der Waals surface area contributed by atoms with Crippen molar-refractivity contribution in [3.63, 3.8) is 0 Å². The monoisotopic (exact) mass is 407 g/mol. The fourth-order valence-corrected chi connectivity index (χ4v) is 4.18. The first-order valence-corrected chi connectivity index (χ1v) is 9.31. The van der Waals surface area contributed by atoms with E-state index in [1.807, 2.05) is 12.1 Å². The van der Waals surface area contributed by atoms with Crippen LogP contribution >= 0.6 is 11.6 Å². The minimum atomic E-state index is -1.39. The number of rotatable bonds is 1. The van der Waals surface area contributed by atoms with Gasteiger partial charge in [0, 0.05) is 35.0 Å². The Hall–Kier alpha value is -3.45. The Balaban J connectivity index is 1.70. The molecule has 1 aromatic heterocycles. The standard InChI is InChI=1S/C21H14ClN3O4/c1-11(26)25-21(15-9-13(22)6-7-16(15)23-20(21)28)10-17(24-25)14-8-12-4-2-3-5-18(12)29-19(14)27/h2-9H,10H2,1H3,(H,23,28). The zero-order valence-electron chi connectivity index (χ0n) is 15.2. The molecule has 7 nitrogen and oxygen atoms in total. The number of nitrogens with zero attached hydrogens (tertiary/aromatic N) is 2. The Labute approximate surface area is 169 Å². The molecule has 1 unspecified atom stereocenters. The molecule has 2 aliphatic heterocycles. The van der Waals surface area contributed by atoms with Crippen molar-refractivity contribution in [2.75, 3.05) is 5.32 Å². The molecule has 0 fully saturated rings. The predicted octanol–water partition coefficient (Wildman–Crippen LogP) is 3.25. The number of anilines is 1. The van der Waals surface area contributed by atoms with Crippen LogP contribution < -0.4 is 10.9 Å². The van der Waals surface area contributed by atoms with Gasteiger partial charge in [-0.2, -0.15) is 5.10 Å². The van der Waals surface area contributed by atoms with Crippen molar-refractivity contribution in [1.82, 2.24) is 5.01 Å². The van der Waals surface area contributed by atoms with Crippen LogP contribution in [0.5, 0.6) is 0 Å². The molecule has 0 aliphatic carbocycles. The van der Waals surface area contributed by atoms with E-state index in [4.69, 9.17) is 16.0 Å². The van der Waals surface area contributed by atoms with Gasteiger partial charge in [0.1, 0.15) is 5.58 Å². The lowest BCUT2D eigenvalue weighted by Gasteiger charge is -2.29. The van der Waals surface area contributed by atoms with Gasteiger partial charge in [-0.3, -0.25) is 9.59 Å². The summed E-state index contributed by atoms with van der Waals surface area (Å²) in [5.41, 5.74) is 0.125. The van der Waals surface area contributed by atoms with Crippen molar-refractivity contribution in [1.29, 1.82) is 0 Å². The third kappa shape index (κ3) is 2.44. The normalized spacial score (nSPS) is 20.1. The van der Waals surface area contributed by atoms with Crippen LogP contribution in [0.4, 0.5) is 5.69 Å². The van der Waals surface area contributed by atoms with Gasteiger partial charge < -0.3 is 9.73 Å². The van der Waals surface area contributed by atoms with E-state index in [0.29, 0.717) is 27.6 Å². The van der Waals surface area contributed by atoms with Crippen LogP contribution in [0.15, 0.2) is 62.8 Å².